The van der Waals surface area contributed by atoms with E-state index in [9.17, 15) is 9.90 Å². The minimum Gasteiger partial charge on any atom is -0.393 e. The van der Waals surface area contributed by atoms with Crippen LogP contribution >= 0.6 is 23.4 Å². The van der Waals surface area contributed by atoms with Crippen molar-refractivity contribution in [3.05, 3.63) is 34.9 Å². The fraction of sp³-hybridized carbons (Fsp3) is 0.588. The van der Waals surface area contributed by atoms with E-state index in [0.717, 1.165) is 47.8 Å². The van der Waals surface area contributed by atoms with Gasteiger partial charge in [-0.3, -0.25) is 4.79 Å². The van der Waals surface area contributed by atoms with Gasteiger partial charge in [-0.1, -0.05) is 36.2 Å². The summed E-state index contributed by atoms with van der Waals surface area (Å²) in [6.45, 7) is 0.709. The van der Waals surface area contributed by atoms with Crippen molar-refractivity contribution in [2.24, 2.45) is 5.92 Å². The summed E-state index contributed by atoms with van der Waals surface area (Å²) in [5.41, 5.74) is 1.16. The van der Waals surface area contributed by atoms with Crippen molar-refractivity contribution in [3.8, 4) is 0 Å². The molecule has 5 heteroatoms. The van der Waals surface area contributed by atoms with Gasteiger partial charge in [0.15, 0.2) is 0 Å². The molecule has 0 aromatic heterocycles. The van der Waals surface area contributed by atoms with Gasteiger partial charge >= 0.3 is 0 Å². The number of thioether (sulfide) groups is 1. The highest BCUT2D eigenvalue weighted by atomic mass is 35.5. The molecule has 1 amide bonds. The first-order chi connectivity index (χ1) is 10.7. The van der Waals surface area contributed by atoms with E-state index in [1.54, 1.807) is 0 Å². The second-order valence-corrected chi connectivity index (χ2v) is 7.32. The lowest BCUT2D eigenvalue weighted by atomic mass is 9.87. The van der Waals surface area contributed by atoms with E-state index in [1.807, 2.05) is 36.0 Å². The molecule has 0 radical (unpaired) electrons. The van der Waals surface area contributed by atoms with Crippen LogP contribution in [0.15, 0.2) is 24.3 Å². The average Bonchev–Trinajstić information content (AvgIpc) is 2.52. The maximum absolute atomic E-state index is 12.0. The van der Waals surface area contributed by atoms with Crippen molar-refractivity contribution in [3.63, 3.8) is 0 Å². The van der Waals surface area contributed by atoms with Crippen LogP contribution in [0, 0.1) is 5.92 Å². The van der Waals surface area contributed by atoms with E-state index >= 15 is 0 Å². The zero-order chi connectivity index (χ0) is 15.8. The number of carbonyl (C=O) groups is 1. The Kier molecular flexibility index (Phi) is 7.56. The predicted molar refractivity (Wildman–Crippen MR) is 93.2 cm³/mol. The lowest BCUT2D eigenvalue weighted by molar-refractivity contribution is -0.127. The molecular weight excluding hydrogens is 318 g/mol. The molecule has 0 heterocycles. The van der Waals surface area contributed by atoms with Gasteiger partial charge in [-0.05, 0) is 43.1 Å². The van der Waals surface area contributed by atoms with Gasteiger partial charge in [0.25, 0.3) is 0 Å². The SMILES string of the molecule is O=C(NCCCSCc1ccccc1Cl)[C@@H]1CCC[C@H](O)C1. The number of carbonyl (C=O) groups excluding carboxylic acids is 1. The summed E-state index contributed by atoms with van der Waals surface area (Å²) in [6, 6.07) is 7.90. The number of hydrogen-bond acceptors (Lipinski definition) is 3. The van der Waals surface area contributed by atoms with Crippen LogP contribution in [0.25, 0.3) is 0 Å². The zero-order valence-corrected chi connectivity index (χ0v) is 14.3. The second kappa shape index (κ2) is 9.43. The molecule has 1 aromatic rings. The molecule has 0 unspecified atom stereocenters. The Bertz CT molecular complexity index is 483. The van der Waals surface area contributed by atoms with Crippen molar-refractivity contribution in [2.75, 3.05) is 12.3 Å². The van der Waals surface area contributed by atoms with Crippen molar-refractivity contribution in [1.82, 2.24) is 5.32 Å². The first-order valence-corrected chi connectivity index (χ1v) is 9.47. The molecule has 22 heavy (non-hydrogen) atoms. The number of nitrogens with one attached hydrogen (secondary N) is 1. The Morgan fingerprint density at radius 1 is 1.36 bits per heavy atom. The number of aliphatic hydroxyl groups is 1. The molecule has 0 spiro atoms. The first-order valence-electron chi connectivity index (χ1n) is 7.93. The molecule has 2 N–H and O–H groups in total. The molecule has 122 valence electrons. The van der Waals surface area contributed by atoms with Crippen LogP contribution in [-0.4, -0.2) is 29.4 Å². The summed E-state index contributed by atoms with van der Waals surface area (Å²) in [5, 5.41) is 13.4. The van der Waals surface area contributed by atoms with Crippen LogP contribution in [0.4, 0.5) is 0 Å². The lowest BCUT2D eigenvalue weighted by Gasteiger charge is -2.24. The van der Waals surface area contributed by atoms with Crippen LogP contribution in [0.3, 0.4) is 0 Å². The zero-order valence-electron chi connectivity index (χ0n) is 12.8. The van der Waals surface area contributed by atoms with Gasteiger partial charge in [0.2, 0.25) is 5.91 Å². The normalized spacial score (nSPS) is 21.5. The summed E-state index contributed by atoms with van der Waals surface area (Å²) >= 11 is 7.95. The molecule has 1 saturated carbocycles. The molecule has 1 fully saturated rings. The monoisotopic (exact) mass is 341 g/mol. The first kappa shape index (κ1) is 17.6. The van der Waals surface area contributed by atoms with Crippen molar-refractivity contribution < 1.29 is 9.90 Å². The summed E-state index contributed by atoms with van der Waals surface area (Å²) in [6.07, 6.45) is 3.97. The molecule has 0 saturated heterocycles. The molecular formula is C17H24ClNO2S. The van der Waals surface area contributed by atoms with E-state index in [0.29, 0.717) is 13.0 Å². The topological polar surface area (TPSA) is 49.3 Å². The van der Waals surface area contributed by atoms with E-state index in [4.69, 9.17) is 11.6 Å². The Hall–Kier alpha value is -0.710. The number of amides is 1. The Morgan fingerprint density at radius 3 is 2.95 bits per heavy atom. The minimum atomic E-state index is -0.296. The van der Waals surface area contributed by atoms with Crippen molar-refractivity contribution in [1.29, 1.82) is 0 Å². The van der Waals surface area contributed by atoms with Gasteiger partial charge in [-0.2, -0.15) is 11.8 Å². The van der Waals surface area contributed by atoms with Gasteiger partial charge < -0.3 is 10.4 Å². The van der Waals surface area contributed by atoms with E-state index < -0.39 is 0 Å². The molecule has 1 aromatic carbocycles. The maximum atomic E-state index is 12.0. The molecule has 2 atom stereocenters. The van der Waals surface area contributed by atoms with E-state index in [1.165, 1.54) is 0 Å². The quantitative estimate of drug-likeness (QED) is 0.744. The summed E-state index contributed by atoms with van der Waals surface area (Å²) in [5.74, 6) is 2.01. The van der Waals surface area contributed by atoms with Gasteiger partial charge in [0, 0.05) is 23.2 Å². The largest absolute Gasteiger partial charge is 0.393 e. The smallest absolute Gasteiger partial charge is 0.223 e. The second-order valence-electron chi connectivity index (χ2n) is 5.81. The third-order valence-electron chi connectivity index (χ3n) is 4.00. The van der Waals surface area contributed by atoms with E-state index in [-0.39, 0.29) is 17.9 Å². The molecule has 1 aliphatic rings. The minimum absolute atomic E-state index is 0.000437. The highest BCUT2D eigenvalue weighted by molar-refractivity contribution is 7.98. The number of hydrogen-bond donors (Lipinski definition) is 2. The fourth-order valence-corrected chi connectivity index (χ4v) is 3.98. The Labute approximate surface area is 141 Å². The Morgan fingerprint density at radius 2 is 2.18 bits per heavy atom. The number of rotatable bonds is 7. The fourth-order valence-electron chi connectivity index (χ4n) is 2.73. The third-order valence-corrected chi connectivity index (χ3v) is 5.46. The molecule has 3 nitrogen and oxygen atoms in total. The van der Waals surface area contributed by atoms with Crippen LogP contribution in [0.1, 0.15) is 37.7 Å². The maximum Gasteiger partial charge on any atom is 0.223 e. The summed E-state index contributed by atoms with van der Waals surface area (Å²) in [7, 11) is 0. The molecule has 0 bridgehead atoms. The number of benzene rings is 1. The van der Waals surface area contributed by atoms with Crippen LogP contribution in [-0.2, 0) is 10.5 Å². The predicted octanol–water partition coefficient (Wildman–Crippen LogP) is 3.63. The van der Waals surface area contributed by atoms with E-state index in [2.05, 4.69) is 5.32 Å². The average molecular weight is 342 g/mol. The van der Waals surface area contributed by atoms with Gasteiger partial charge in [0.1, 0.15) is 0 Å². The number of halogens is 1. The summed E-state index contributed by atoms with van der Waals surface area (Å²) < 4.78 is 0. The Balaban J connectivity index is 1.55. The van der Waals surface area contributed by atoms with Gasteiger partial charge in [-0.25, -0.2) is 0 Å². The summed E-state index contributed by atoms with van der Waals surface area (Å²) in [4.78, 5) is 12.0. The van der Waals surface area contributed by atoms with Crippen molar-refractivity contribution >= 4 is 29.3 Å². The standard InChI is InChI=1S/C17H24ClNO2S/c18-16-8-2-1-5-14(16)12-22-10-4-9-19-17(21)13-6-3-7-15(20)11-13/h1-2,5,8,13,15,20H,3-4,6-7,9-12H2,(H,19,21)/t13-,15+/m1/s1. The number of aliphatic hydroxyl groups excluding tert-OH is 1. The van der Waals surface area contributed by atoms with Crippen LogP contribution in [0.2, 0.25) is 5.02 Å². The highest BCUT2D eigenvalue weighted by Gasteiger charge is 2.25. The lowest BCUT2D eigenvalue weighted by Crippen LogP contribution is -2.35. The molecule has 2 rings (SSSR count). The van der Waals surface area contributed by atoms with Crippen molar-refractivity contribution in [2.45, 2.75) is 44.0 Å². The van der Waals surface area contributed by atoms with Crippen LogP contribution < -0.4 is 5.32 Å². The van der Waals surface area contributed by atoms with Gasteiger partial charge in [0.05, 0.1) is 6.10 Å². The molecule has 1 aliphatic carbocycles. The highest BCUT2D eigenvalue weighted by Crippen LogP contribution is 2.24. The third kappa shape index (κ3) is 5.82. The molecule has 0 aliphatic heterocycles. The van der Waals surface area contributed by atoms with Gasteiger partial charge in [-0.15, -0.1) is 0 Å². The van der Waals surface area contributed by atoms with Crippen LogP contribution in [0.5, 0.6) is 0 Å².